The highest BCUT2D eigenvalue weighted by Crippen LogP contribution is 2.34. The van der Waals surface area contributed by atoms with Crippen LogP contribution in [0, 0.1) is 0 Å². The average Bonchev–Trinajstić information content (AvgIpc) is 2.38. The van der Waals surface area contributed by atoms with Gasteiger partial charge in [-0.1, -0.05) is 23.2 Å². The molecule has 0 atom stereocenters. The maximum atomic E-state index is 9.20. The quantitative estimate of drug-likeness (QED) is 0.826. The van der Waals surface area contributed by atoms with Crippen molar-refractivity contribution in [1.82, 2.24) is 0 Å². The summed E-state index contributed by atoms with van der Waals surface area (Å²) in [5.74, 6) is 0.720. The van der Waals surface area contributed by atoms with E-state index in [0.29, 0.717) is 22.3 Å². The molecule has 0 aliphatic heterocycles. The van der Waals surface area contributed by atoms with Gasteiger partial charge < -0.3 is 15.2 Å². The SMILES string of the molecule is COc1c(Cl)cc(CNc2ccc(O)cc2)cc1Cl. The molecule has 5 heteroatoms. The Labute approximate surface area is 121 Å². The molecule has 0 aromatic heterocycles. The largest absolute Gasteiger partial charge is 0.508 e. The minimum absolute atomic E-state index is 0.237. The van der Waals surface area contributed by atoms with Gasteiger partial charge in [0.15, 0.2) is 5.75 Å². The van der Waals surface area contributed by atoms with Crippen LogP contribution in [0.2, 0.25) is 10.0 Å². The minimum Gasteiger partial charge on any atom is -0.508 e. The summed E-state index contributed by atoms with van der Waals surface area (Å²) in [5.41, 5.74) is 1.85. The molecular formula is C14H13Cl2NO2. The van der Waals surface area contributed by atoms with Crippen molar-refractivity contribution in [1.29, 1.82) is 0 Å². The van der Waals surface area contributed by atoms with Crippen molar-refractivity contribution in [3.8, 4) is 11.5 Å². The Hall–Kier alpha value is -1.58. The predicted molar refractivity (Wildman–Crippen MR) is 78.4 cm³/mol. The van der Waals surface area contributed by atoms with Gasteiger partial charge in [-0.15, -0.1) is 0 Å². The van der Waals surface area contributed by atoms with E-state index in [2.05, 4.69) is 5.32 Å². The molecule has 0 heterocycles. The fourth-order valence-electron chi connectivity index (χ4n) is 1.69. The molecule has 0 spiro atoms. The van der Waals surface area contributed by atoms with E-state index in [-0.39, 0.29) is 5.75 Å². The van der Waals surface area contributed by atoms with E-state index in [4.69, 9.17) is 27.9 Å². The van der Waals surface area contributed by atoms with Crippen LogP contribution < -0.4 is 10.1 Å². The van der Waals surface area contributed by atoms with Crippen molar-refractivity contribution in [2.75, 3.05) is 12.4 Å². The first-order valence-corrected chi connectivity index (χ1v) is 6.40. The zero-order valence-electron chi connectivity index (χ0n) is 10.3. The molecule has 2 N–H and O–H groups in total. The Balaban J connectivity index is 2.09. The van der Waals surface area contributed by atoms with Crippen LogP contribution in [-0.2, 0) is 6.54 Å². The lowest BCUT2D eigenvalue weighted by atomic mass is 10.2. The number of rotatable bonds is 4. The average molecular weight is 298 g/mol. The third-order valence-corrected chi connectivity index (χ3v) is 3.19. The number of anilines is 1. The standard InChI is InChI=1S/C14H13Cl2NO2/c1-19-14-12(15)6-9(7-13(14)16)8-17-10-2-4-11(18)5-3-10/h2-7,17-18H,8H2,1H3. The van der Waals surface area contributed by atoms with Gasteiger partial charge in [0.25, 0.3) is 0 Å². The maximum Gasteiger partial charge on any atom is 0.156 e. The van der Waals surface area contributed by atoms with Gasteiger partial charge in [0.05, 0.1) is 17.2 Å². The van der Waals surface area contributed by atoms with Crippen LogP contribution in [0.25, 0.3) is 0 Å². The van der Waals surface area contributed by atoms with E-state index >= 15 is 0 Å². The van der Waals surface area contributed by atoms with Gasteiger partial charge in [-0.3, -0.25) is 0 Å². The Kier molecular flexibility index (Phi) is 4.40. The Morgan fingerprint density at radius 1 is 1.11 bits per heavy atom. The summed E-state index contributed by atoms with van der Waals surface area (Å²) in [4.78, 5) is 0. The maximum absolute atomic E-state index is 9.20. The molecule has 0 amide bonds. The zero-order valence-corrected chi connectivity index (χ0v) is 11.8. The van der Waals surface area contributed by atoms with Crippen LogP contribution in [0.5, 0.6) is 11.5 Å². The topological polar surface area (TPSA) is 41.5 Å². The molecule has 2 aromatic carbocycles. The Morgan fingerprint density at radius 2 is 1.68 bits per heavy atom. The van der Waals surface area contributed by atoms with E-state index in [1.165, 1.54) is 7.11 Å². The van der Waals surface area contributed by atoms with Crippen molar-refractivity contribution in [3.05, 3.63) is 52.0 Å². The lowest BCUT2D eigenvalue weighted by Gasteiger charge is -2.10. The first kappa shape index (κ1) is 13.8. The highest BCUT2D eigenvalue weighted by Gasteiger charge is 2.08. The smallest absolute Gasteiger partial charge is 0.156 e. The van der Waals surface area contributed by atoms with Crippen LogP contribution in [0.1, 0.15) is 5.56 Å². The number of aromatic hydroxyl groups is 1. The van der Waals surface area contributed by atoms with Gasteiger partial charge in [0.2, 0.25) is 0 Å². The van der Waals surface area contributed by atoms with Crippen LogP contribution in [0.4, 0.5) is 5.69 Å². The summed E-state index contributed by atoms with van der Waals surface area (Å²) in [6.07, 6.45) is 0. The molecule has 100 valence electrons. The van der Waals surface area contributed by atoms with Gasteiger partial charge in [-0.2, -0.15) is 0 Å². The van der Waals surface area contributed by atoms with Crippen molar-refractivity contribution >= 4 is 28.9 Å². The van der Waals surface area contributed by atoms with Crippen LogP contribution in [0.15, 0.2) is 36.4 Å². The summed E-state index contributed by atoms with van der Waals surface area (Å²) in [6, 6.07) is 10.4. The first-order chi connectivity index (χ1) is 9.10. The van der Waals surface area contributed by atoms with Gasteiger partial charge in [0, 0.05) is 12.2 Å². The Bertz CT molecular complexity index is 547. The van der Waals surface area contributed by atoms with E-state index < -0.39 is 0 Å². The summed E-state index contributed by atoms with van der Waals surface area (Å²) in [6.45, 7) is 0.578. The van der Waals surface area contributed by atoms with Gasteiger partial charge in [0.1, 0.15) is 5.75 Å². The van der Waals surface area contributed by atoms with Gasteiger partial charge in [-0.05, 0) is 42.0 Å². The zero-order chi connectivity index (χ0) is 13.8. The number of benzene rings is 2. The summed E-state index contributed by atoms with van der Waals surface area (Å²) >= 11 is 12.1. The third-order valence-electron chi connectivity index (χ3n) is 2.63. The summed E-state index contributed by atoms with van der Waals surface area (Å²) in [7, 11) is 1.53. The number of hydrogen-bond donors (Lipinski definition) is 2. The molecule has 19 heavy (non-hydrogen) atoms. The molecule has 0 radical (unpaired) electrons. The highest BCUT2D eigenvalue weighted by molar-refractivity contribution is 6.37. The van der Waals surface area contributed by atoms with Gasteiger partial charge >= 0.3 is 0 Å². The number of hydrogen-bond acceptors (Lipinski definition) is 3. The number of phenolic OH excluding ortho intramolecular Hbond substituents is 1. The molecule has 0 saturated carbocycles. The van der Waals surface area contributed by atoms with E-state index in [0.717, 1.165) is 11.3 Å². The first-order valence-electron chi connectivity index (χ1n) is 5.65. The van der Waals surface area contributed by atoms with E-state index in [1.54, 1.807) is 36.4 Å². The van der Waals surface area contributed by atoms with E-state index in [9.17, 15) is 5.11 Å². The Morgan fingerprint density at radius 3 is 2.21 bits per heavy atom. The van der Waals surface area contributed by atoms with Gasteiger partial charge in [-0.25, -0.2) is 0 Å². The molecule has 0 bridgehead atoms. The second kappa shape index (κ2) is 6.04. The molecule has 0 fully saturated rings. The molecule has 2 aromatic rings. The van der Waals surface area contributed by atoms with Crippen LogP contribution in [0.3, 0.4) is 0 Å². The fraction of sp³-hybridized carbons (Fsp3) is 0.143. The number of halogens is 2. The lowest BCUT2D eigenvalue weighted by molar-refractivity contribution is 0.415. The number of nitrogens with one attached hydrogen (secondary N) is 1. The third kappa shape index (κ3) is 3.46. The second-order valence-corrected chi connectivity index (χ2v) is 4.81. The normalized spacial score (nSPS) is 10.3. The second-order valence-electron chi connectivity index (χ2n) is 3.99. The summed E-state index contributed by atoms with van der Waals surface area (Å²) < 4.78 is 5.09. The fourth-order valence-corrected chi connectivity index (χ4v) is 2.38. The molecule has 0 aliphatic carbocycles. The summed E-state index contributed by atoms with van der Waals surface area (Å²) in [5, 5.41) is 13.4. The lowest BCUT2D eigenvalue weighted by Crippen LogP contribution is -1.99. The van der Waals surface area contributed by atoms with E-state index in [1.807, 2.05) is 0 Å². The number of ether oxygens (including phenoxy) is 1. The molecule has 2 rings (SSSR count). The van der Waals surface area contributed by atoms with Crippen LogP contribution in [-0.4, -0.2) is 12.2 Å². The van der Waals surface area contributed by atoms with Crippen molar-refractivity contribution in [2.24, 2.45) is 0 Å². The molecule has 0 unspecified atom stereocenters. The molecule has 0 aliphatic rings. The molecular weight excluding hydrogens is 285 g/mol. The highest BCUT2D eigenvalue weighted by atomic mass is 35.5. The van der Waals surface area contributed by atoms with Crippen molar-refractivity contribution in [2.45, 2.75) is 6.54 Å². The monoisotopic (exact) mass is 297 g/mol. The molecule has 3 nitrogen and oxygen atoms in total. The number of phenols is 1. The van der Waals surface area contributed by atoms with Crippen molar-refractivity contribution < 1.29 is 9.84 Å². The minimum atomic E-state index is 0.237. The van der Waals surface area contributed by atoms with Crippen molar-refractivity contribution in [3.63, 3.8) is 0 Å². The predicted octanol–water partition coefficient (Wildman–Crippen LogP) is 4.32. The number of methoxy groups -OCH3 is 1. The van der Waals surface area contributed by atoms with Crippen LogP contribution >= 0.6 is 23.2 Å². The molecule has 0 saturated heterocycles.